The van der Waals surface area contributed by atoms with Crippen molar-refractivity contribution in [2.24, 2.45) is 16.7 Å². The third kappa shape index (κ3) is 1.64. The number of esters is 1. The van der Waals surface area contributed by atoms with Crippen molar-refractivity contribution in [3.63, 3.8) is 0 Å². The van der Waals surface area contributed by atoms with Gasteiger partial charge in [-0.25, -0.2) is 0 Å². The van der Waals surface area contributed by atoms with Crippen molar-refractivity contribution >= 4 is 17.8 Å². The normalized spacial score (nSPS) is 37.2. The van der Waals surface area contributed by atoms with E-state index < -0.39 is 28.3 Å². The molecule has 0 aromatic rings. The van der Waals surface area contributed by atoms with Gasteiger partial charge in [-0.15, -0.1) is 0 Å². The van der Waals surface area contributed by atoms with Gasteiger partial charge < -0.3 is 19.5 Å². The lowest BCUT2D eigenvalue weighted by Gasteiger charge is -2.41. The van der Waals surface area contributed by atoms with Crippen LogP contribution in [0.3, 0.4) is 0 Å². The second kappa shape index (κ2) is 4.46. The summed E-state index contributed by atoms with van der Waals surface area (Å²) in [6, 6.07) is 0. The number of carbonyl (C=O) groups is 3. The van der Waals surface area contributed by atoms with E-state index in [1.807, 2.05) is 20.8 Å². The first-order chi connectivity index (χ1) is 10.2. The topological polar surface area (TPSA) is 86.7 Å². The highest BCUT2D eigenvalue weighted by atomic mass is 16.6. The molecule has 3 rings (SSSR count). The molecule has 0 aromatic carbocycles. The third-order valence-corrected chi connectivity index (χ3v) is 6.54. The zero-order valence-corrected chi connectivity index (χ0v) is 13.3. The number of aliphatic carboxylic acids is 1. The van der Waals surface area contributed by atoms with Gasteiger partial charge in [-0.1, -0.05) is 13.8 Å². The highest BCUT2D eigenvalue weighted by Gasteiger charge is 2.76. The number of amides is 1. The van der Waals surface area contributed by atoms with Gasteiger partial charge in [-0.2, -0.15) is 0 Å². The van der Waals surface area contributed by atoms with Crippen molar-refractivity contribution in [3.05, 3.63) is 0 Å². The second-order valence-electron chi connectivity index (χ2n) is 7.56. The molecule has 6 nitrogen and oxygen atoms in total. The zero-order chi connectivity index (χ0) is 16.3. The maximum absolute atomic E-state index is 13.0. The summed E-state index contributed by atoms with van der Waals surface area (Å²) in [6.07, 6.45) is 1.99. The molecule has 0 aromatic heterocycles. The second-order valence-corrected chi connectivity index (χ2v) is 7.56. The fourth-order valence-corrected chi connectivity index (χ4v) is 4.30. The molecule has 2 bridgehead atoms. The van der Waals surface area contributed by atoms with E-state index in [1.165, 1.54) is 0 Å². The number of nitrogens with zero attached hydrogens (tertiary/aromatic N) is 1. The largest absolute Gasteiger partial charge is 0.550 e. The van der Waals surface area contributed by atoms with Crippen molar-refractivity contribution in [2.45, 2.75) is 52.1 Å². The van der Waals surface area contributed by atoms with E-state index in [2.05, 4.69) is 0 Å². The van der Waals surface area contributed by atoms with Crippen LogP contribution < -0.4 is 5.11 Å². The first kappa shape index (κ1) is 15.3. The van der Waals surface area contributed by atoms with Crippen LogP contribution in [0.4, 0.5) is 0 Å². The van der Waals surface area contributed by atoms with Crippen LogP contribution in [-0.2, 0) is 19.1 Å². The lowest BCUT2D eigenvalue weighted by molar-refractivity contribution is -0.312. The van der Waals surface area contributed by atoms with E-state index in [-0.39, 0.29) is 11.9 Å². The highest BCUT2D eigenvalue weighted by Crippen LogP contribution is 2.66. The van der Waals surface area contributed by atoms with E-state index in [4.69, 9.17) is 4.74 Å². The van der Waals surface area contributed by atoms with Gasteiger partial charge in [0.05, 0.1) is 5.41 Å². The Labute approximate surface area is 129 Å². The minimum absolute atomic E-state index is 0.163. The van der Waals surface area contributed by atoms with Gasteiger partial charge in [0.25, 0.3) is 5.91 Å². The molecule has 2 atom stereocenters. The number of carboxylic acid groups (broad SMARTS) is 1. The van der Waals surface area contributed by atoms with Gasteiger partial charge in [0.1, 0.15) is 0 Å². The molecule has 22 heavy (non-hydrogen) atoms. The Hall–Kier alpha value is -1.59. The third-order valence-electron chi connectivity index (χ3n) is 6.54. The van der Waals surface area contributed by atoms with Gasteiger partial charge in [-0.3, -0.25) is 9.59 Å². The standard InChI is InChI=1S/C16H23NO5/c1-14(2)15(3)6-7-16(14,22-13(15)21)12(20)17-8-4-10(5-9-17)11(18)19/h10H,4-9H2,1-3H3,(H,18,19)/p-1/t15-,16+/m0/s1. The molecule has 3 aliphatic rings. The van der Waals surface area contributed by atoms with Gasteiger partial charge >= 0.3 is 5.97 Å². The lowest BCUT2D eigenvalue weighted by atomic mass is 9.66. The Kier molecular flexibility index (Phi) is 3.10. The zero-order valence-electron chi connectivity index (χ0n) is 13.3. The van der Waals surface area contributed by atoms with E-state index in [1.54, 1.807) is 4.90 Å². The van der Waals surface area contributed by atoms with Crippen LogP contribution in [0.2, 0.25) is 0 Å². The number of likely N-dealkylation sites (tertiary alicyclic amines) is 1. The monoisotopic (exact) mass is 308 g/mol. The van der Waals surface area contributed by atoms with Crippen molar-refractivity contribution < 1.29 is 24.2 Å². The Morgan fingerprint density at radius 1 is 1.18 bits per heavy atom. The Bertz CT molecular complexity index is 549. The Morgan fingerprint density at radius 2 is 1.77 bits per heavy atom. The predicted octanol–water partition coefficient (Wildman–Crippen LogP) is 0.0968. The fourth-order valence-electron chi connectivity index (χ4n) is 4.30. The molecule has 0 radical (unpaired) electrons. The van der Waals surface area contributed by atoms with Crippen molar-refractivity contribution in [1.29, 1.82) is 0 Å². The smallest absolute Gasteiger partial charge is 0.313 e. The summed E-state index contributed by atoms with van der Waals surface area (Å²) < 4.78 is 5.60. The summed E-state index contributed by atoms with van der Waals surface area (Å²) in [5, 5.41) is 10.9. The molecule has 1 amide bonds. The molecule has 2 saturated heterocycles. The summed E-state index contributed by atoms with van der Waals surface area (Å²) in [6.45, 7) is 6.49. The number of rotatable bonds is 2. The highest BCUT2D eigenvalue weighted by molar-refractivity contribution is 5.96. The van der Waals surface area contributed by atoms with Crippen LogP contribution in [0.1, 0.15) is 46.5 Å². The van der Waals surface area contributed by atoms with E-state index in [0.29, 0.717) is 38.8 Å². The van der Waals surface area contributed by atoms with E-state index in [9.17, 15) is 19.5 Å². The molecule has 0 unspecified atom stereocenters. The quantitative estimate of drug-likeness (QED) is 0.675. The molecular formula is C16H22NO5-. The SMILES string of the molecule is CC1(C)[C@@]2(C)CC[C@]1(C(=O)N1CCC(C(=O)[O-])CC1)OC2=O. The summed E-state index contributed by atoms with van der Waals surface area (Å²) >= 11 is 0. The number of carboxylic acids is 1. The van der Waals surface area contributed by atoms with E-state index in [0.717, 1.165) is 0 Å². The van der Waals surface area contributed by atoms with Crippen LogP contribution in [0.5, 0.6) is 0 Å². The van der Waals surface area contributed by atoms with Gasteiger partial charge in [0.2, 0.25) is 0 Å². The molecule has 0 N–H and O–H groups in total. The van der Waals surface area contributed by atoms with Crippen LogP contribution in [0, 0.1) is 16.7 Å². The number of hydrogen-bond acceptors (Lipinski definition) is 5. The van der Waals surface area contributed by atoms with Crippen molar-refractivity contribution in [3.8, 4) is 0 Å². The van der Waals surface area contributed by atoms with Gasteiger partial charge in [0, 0.05) is 30.4 Å². The maximum atomic E-state index is 13.0. The number of carbonyl (C=O) groups excluding carboxylic acids is 3. The molecule has 0 spiro atoms. The average molecular weight is 308 g/mol. The van der Waals surface area contributed by atoms with Crippen LogP contribution >= 0.6 is 0 Å². The molecule has 1 saturated carbocycles. The first-order valence-corrected chi connectivity index (χ1v) is 7.89. The summed E-state index contributed by atoms with van der Waals surface area (Å²) in [4.78, 5) is 37.8. The van der Waals surface area contributed by atoms with Gasteiger partial charge in [-0.05, 0) is 32.6 Å². The number of hydrogen-bond donors (Lipinski definition) is 0. The number of piperidine rings is 1. The molecule has 3 fully saturated rings. The number of ether oxygens (including phenoxy) is 1. The minimum Gasteiger partial charge on any atom is -0.550 e. The molecule has 122 valence electrons. The summed E-state index contributed by atoms with van der Waals surface area (Å²) in [7, 11) is 0. The molecular weight excluding hydrogens is 286 g/mol. The van der Waals surface area contributed by atoms with Crippen LogP contribution in [0.25, 0.3) is 0 Å². The fraction of sp³-hybridized carbons (Fsp3) is 0.812. The number of fused-ring (bicyclic) bond motifs is 2. The van der Waals surface area contributed by atoms with Crippen LogP contribution in [-0.4, -0.2) is 41.4 Å². The van der Waals surface area contributed by atoms with Crippen molar-refractivity contribution in [2.75, 3.05) is 13.1 Å². The average Bonchev–Trinajstić information content (AvgIpc) is 2.77. The summed E-state index contributed by atoms with van der Waals surface area (Å²) in [5.41, 5.74) is -2.27. The molecule has 2 aliphatic heterocycles. The molecule has 1 aliphatic carbocycles. The lowest BCUT2D eigenvalue weighted by Crippen LogP contribution is -2.57. The maximum Gasteiger partial charge on any atom is 0.313 e. The molecule has 6 heteroatoms. The van der Waals surface area contributed by atoms with Gasteiger partial charge in [0.15, 0.2) is 5.60 Å². The Balaban J connectivity index is 1.82. The van der Waals surface area contributed by atoms with Crippen LogP contribution in [0.15, 0.2) is 0 Å². The minimum atomic E-state index is -1.09. The Morgan fingerprint density at radius 3 is 2.18 bits per heavy atom. The predicted molar refractivity (Wildman–Crippen MR) is 74.3 cm³/mol. The first-order valence-electron chi connectivity index (χ1n) is 7.89. The molecule has 2 heterocycles. The van der Waals surface area contributed by atoms with Crippen molar-refractivity contribution in [1.82, 2.24) is 4.90 Å². The summed E-state index contributed by atoms with van der Waals surface area (Å²) in [5.74, 6) is -1.99. The van der Waals surface area contributed by atoms with E-state index >= 15 is 0 Å².